The van der Waals surface area contributed by atoms with Gasteiger partial charge >= 0.3 is 6.35 Å². The van der Waals surface area contributed by atoms with Gasteiger partial charge in [0.1, 0.15) is 55.3 Å². The van der Waals surface area contributed by atoms with Gasteiger partial charge in [-0.3, -0.25) is 19.3 Å². The number of hydrogen-bond donors (Lipinski definition) is 6. The first-order valence-electron chi connectivity index (χ1n) is 10.1. The lowest BCUT2D eigenvalue weighted by Crippen LogP contribution is -3.45. The Labute approximate surface area is 160 Å². The van der Waals surface area contributed by atoms with E-state index in [2.05, 4.69) is 27.7 Å². The van der Waals surface area contributed by atoms with E-state index >= 15 is 0 Å². The zero-order valence-corrected chi connectivity index (χ0v) is 16.8. The number of hydrogen-bond acceptors (Lipinski definition) is 6. The molecule has 3 atom stereocenters. The minimum atomic E-state index is -1.45. The summed E-state index contributed by atoms with van der Waals surface area (Å²) in [6.07, 6.45) is -4.31. The third-order valence-corrected chi connectivity index (χ3v) is 7.44. The maximum Gasteiger partial charge on any atom is 0.329 e. The maximum atomic E-state index is 13.5. The molecule has 4 saturated heterocycles. The van der Waals surface area contributed by atoms with Crippen molar-refractivity contribution in [1.82, 2.24) is 0 Å². The summed E-state index contributed by atoms with van der Waals surface area (Å²) in [6.45, 7) is 10.7. The van der Waals surface area contributed by atoms with Gasteiger partial charge in [-0.1, -0.05) is 27.7 Å². The predicted octanol–water partition coefficient (Wildman–Crippen LogP) is -3.97. The van der Waals surface area contributed by atoms with E-state index in [1.807, 2.05) is 0 Å². The lowest BCUT2D eigenvalue weighted by atomic mass is 9.54. The molecule has 0 aromatic rings. The highest BCUT2D eigenvalue weighted by Gasteiger charge is 2.73. The highest BCUT2D eigenvalue weighted by atomic mass is 16.5. The summed E-state index contributed by atoms with van der Waals surface area (Å²) in [5, 5.41) is 38.3. The molecule has 4 aliphatic heterocycles. The molecule has 6 N–H and O–H groups in total. The van der Waals surface area contributed by atoms with Crippen LogP contribution < -0.4 is 9.80 Å². The minimum absolute atomic E-state index is 0.118. The summed E-state index contributed by atoms with van der Waals surface area (Å²) in [5.41, 5.74) is -0.646. The van der Waals surface area contributed by atoms with Crippen LogP contribution in [0.4, 0.5) is 0 Å². The Balaban J connectivity index is 1.75. The minimum Gasteiger partial charge on any atom is -0.394 e. The normalized spacial score (nSPS) is 41.4. The van der Waals surface area contributed by atoms with E-state index in [9.17, 15) is 20.1 Å². The van der Waals surface area contributed by atoms with E-state index in [0.29, 0.717) is 5.78 Å². The number of nitrogens with one attached hydrogen (secondary N) is 2. The number of piperidine rings is 2. The number of Topliss-reactive ketones (excluding diaryl/α,β-unsaturated/α-hetero) is 1. The monoisotopic (exact) mass is 388 g/mol. The molecule has 0 aliphatic carbocycles. The molecule has 8 heteroatoms. The molecule has 0 amide bonds. The zero-order chi connectivity index (χ0) is 20.1. The third-order valence-electron chi connectivity index (χ3n) is 7.44. The van der Waals surface area contributed by atoms with Crippen LogP contribution in [0.25, 0.3) is 0 Å². The third kappa shape index (κ3) is 3.15. The van der Waals surface area contributed by atoms with E-state index in [-0.39, 0.29) is 35.6 Å². The van der Waals surface area contributed by atoms with Crippen molar-refractivity contribution in [3.05, 3.63) is 0 Å². The molecule has 4 heterocycles. The summed E-state index contributed by atoms with van der Waals surface area (Å²) < 4.78 is 5.99. The highest BCUT2D eigenvalue weighted by molar-refractivity contribution is 5.92. The first-order chi connectivity index (χ1) is 12.6. The quantitative estimate of drug-likeness (QED) is 0.253. The number of quaternary nitrogens is 2. The lowest BCUT2D eigenvalue weighted by molar-refractivity contribution is -1.19. The molecule has 156 valence electrons. The molecule has 4 fully saturated rings. The number of ketones is 1. The summed E-state index contributed by atoms with van der Waals surface area (Å²) in [5.74, 6) is 0.955. The summed E-state index contributed by atoms with van der Waals surface area (Å²) >= 11 is 0. The van der Waals surface area contributed by atoms with Gasteiger partial charge in [0.25, 0.3) is 0 Å². The van der Waals surface area contributed by atoms with E-state index in [1.165, 1.54) is 9.80 Å². The maximum absolute atomic E-state index is 13.5. The fraction of sp³-hybridized carbons (Fsp3) is 0.947. The molecule has 4 rings (SSSR count). The van der Waals surface area contributed by atoms with Crippen molar-refractivity contribution in [2.24, 2.45) is 22.7 Å². The van der Waals surface area contributed by atoms with Crippen molar-refractivity contribution in [3.8, 4) is 0 Å². The predicted molar refractivity (Wildman–Crippen MR) is 95.8 cm³/mol. The van der Waals surface area contributed by atoms with E-state index < -0.39 is 24.9 Å². The zero-order valence-electron chi connectivity index (χ0n) is 16.8. The second-order valence-electron chi connectivity index (χ2n) is 9.50. The molecule has 0 aromatic heterocycles. The van der Waals surface area contributed by atoms with Crippen LogP contribution in [0, 0.1) is 22.7 Å². The van der Waals surface area contributed by atoms with Gasteiger partial charge in [-0.05, 0) is 11.8 Å². The van der Waals surface area contributed by atoms with Gasteiger partial charge in [0, 0.05) is 0 Å². The molecule has 0 radical (unpaired) electrons. The number of aliphatic hydroxyl groups is 4. The first kappa shape index (κ1) is 21.1. The number of carbonyl (C=O) groups excluding carboxylic acids is 1. The van der Waals surface area contributed by atoms with Crippen molar-refractivity contribution < 1.29 is 39.8 Å². The van der Waals surface area contributed by atoms with Crippen molar-refractivity contribution in [2.45, 2.75) is 52.4 Å². The average Bonchev–Trinajstić information content (AvgIpc) is 2.61. The highest BCUT2D eigenvalue weighted by Crippen LogP contribution is 2.43. The number of aliphatic hydroxyl groups excluding tert-OH is 4. The number of carbonyl (C=O) groups is 1. The second-order valence-corrected chi connectivity index (χ2v) is 9.50. The molecule has 0 saturated carbocycles. The summed E-state index contributed by atoms with van der Waals surface area (Å²) in [7, 11) is 0. The molecule has 0 unspecified atom stereocenters. The van der Waals surface area contributed by atoms with E-state index in [0.717, 1.165) is 26.2 Å². The van der Waals surface area contributed by atoms with Crippen LogP contribution in [0.15, 0.2) is 0 Å². The van der Waals surface area contributed by atoms with Crippen LogP contribution in [-0.4, -0.2) is 90.3 Å². The SMILES string of the molecule is CC(C)C12C[NH+]3CC(C(C)C)(C[NH+](C1)C3OC[C@@H](O)[C@@H](O)[C@H](O)CO)C2=O. The molecule has 4 aliphatic rings. The van der Waals surface area contributed by atoms with E-state index in [1.54, 1.807) is 0 Å². The Morgan fingerprint density at radius 2 is 1.41 bits per heavy atom. The topological polar surface area (TPSA) is 116 Å². The number of rotatable bonds is 8. The Morgan fingerprint density at radius 3 is 1.78 bits per heavy atom. The smallest absolute Gasteiger partial charge is 0.329 e. The van der Waals surface area contributed by atoms with Gasteiger partial charge in [0.2, 0.25) is 0 Å². The molecule has 4 bridgehead atoms. The van der Waals surface area contributed by atoms with Crippen LogP contribution >= 0.6 is 0 Å². The van der Waals surface area contributed by atoms with Crippen LogP contribution in [0.2, 0.25) is 0 Å². The summed E-state index contributed by atoms with van der Waals surface area (Å²) in [6, 6.07) is 0. The van der Waals surface area contributed by atoms with Gasteiger partial charge in [-0.15, -0.1) is 0 Å². The lowest BCUT2D eigenvalue weighted by Gasteiger charge is -2.62. The Kier molecular flexibility index (Phi) is 5.73. The van der Waals surface area contributed by atoms with Crippen LogP contribution in [0.3, 0.4) is 0 Å². The molecular weight excluding hydrogens is 352 g/mol. The first-order valence-corrected chi connectivity index (χ1v) is 10.1. The second kappa shape index (κ2) is 7.33. The fourth-order valence-corrected chi connectivity index (χ4v) is 5.58. The van der Waals surface area contributed by atoms with Crippen molar-refractivity contribution in [1.29, 1.82) is 0 Å². The molecule has 0 aromatic carbocycles. The van der Waals surface area contributed by atoms with Crippen molar-refractivity contribution in [2.75, 3.05) is 39.4 Å². The summed E-state index contributed by atoms with van der Waals surface area (Å²) in [4.78, 5) is 15.9. The fourth-order valence-electron chi connectivity index (χ4n) is 5.58. The molecular formula is C19H36N2O6+2. The van der Waals surface area contributed by atoms with Gasteiger partial charge < -0.3 is 20.4 Å². The molecule has 0 spiro atoms. The standard InChI is InChI=1S/C19H34N2O6/c1-11(2)18-7-20-9-19(12(3)4,16(18)26)10-21(8-18)17(20)27-6-14(24)15(25)13(23)5-22/h11-15,17,22-25H,5-10H2,1-4H3/p+2/t13-,14-,15+,17?,18?,19?/m1/s1. The van der Waals surface area contributed by atoms with Crippen LogP contribution in [-0.2, 0) is 9.53 Å². The van der Waals surface area contributed by atoms with Gasteiger partial charge in [0.05, 0.1) is 13.2 Å². The van der Waals surface area contributed by atoms with Crippen molar-refractivity contribution >= 4 is 5.78 Å². The van der Waals surface area contributed by atoms with Gasteiger partial charge in [-0.25, -0.2) is 0 Å². The van der Waals surface area contributed by atoms with Crippen LogP contribution in [0.1, 0.15) is 27.7 Å². The van der Waals surface area contributed by atoms with Gasteiger partial charge in [0.15, 0.2) is 5.78 Å². The number of ether oxygens (including phenoxy) is 1. The Morgan fingerprint density at radius 1 is 0.963 bits per heavy atom. The Bertz CT molecular complexity index is 522. The van der Waals surface area contributed by atoms with Crippen molar-refractivity contribution in [3.63, 3.8) is 0 Å². The Hall–Kier alpha value is -0.610. The molecule has 27 heavy (non-hydrogen) atoms. The average molecular weight is 389 g/mol. The molecule has 8 nitrogen and oxygen atoms in total. The van der Waals surface area contributed by atoms with Gasteiger partial charge in [-0.2, -0.15) is 0 Å². The van der Waals surface area contributed by atoms with Crippen LogP contribution in [0.5, 0.6) is 0 Å². The largest absolute Gasteiger partial charge is 0.394 e. The van der Waals surface area contributed by atoms with E-state index in [4.69, 9.17) is 9.84 Å².